The van der Waals surface area contributed by atoms with Crippen LogP contribution in [0.5, 0.6) is 5.75 Å². The molecule has 0 spiro atoms. The van der Waals surface area contributed by atoms with Gasteiger partial charge in [0, 0.05) is 13.2 Å². The first-order chi connectivity index (χ1) is 8.68. The van der Waals surface area contributed by atoms with E-state index in [-0.39, 0.29) is 22.9 Å². The van der Waals surface area contributed by atoms with Crippen molar-refractivity contribution in [2.75, 3.05) is 25.5 Å². The fraction of sp³-hybridized carbons (Fsp3) is 0.462. The molecule has 1 fully saturated rings. The largest absolute Gasteiger partial charge is 0.505 e. The number of carbonyl (C=O) groups is 1. The Labute approximate surface area is 106 Å². The van der Waals surface area contributed by atoms with Crippen LogP contribution < -0.4 is 11.1 Å². The van der Waals surface area contributed by atoms with Crippen LogP contribution in [-0.4, -0.2) is 30.8 Å². The van der Waals surface area contributed by atoms with E-state index in [2.05, 4.69) is 5.32 Å². The maximum atomic E-state index is 11.9. The normalized spacial score (nSPS) is 19.4. The van der Waals surface area contributed by atoms with Gasteiger partial charge in [-0.25, -0.2) is 0 Å². The van der Waals surface area contributed by atoms with Gasteiger partial charge in [-0.15, -0.1) is 0 Å². The van der Waals surface area contributed by atoms with Crippen LogP contribution in [0, 0.1) is 5.92 Å². The van der Waals surface area contributed by atoms with Crippen molar-refractivity contribution in [2.45, 2.75) is 12.8 Å². The zero-order chi connectivity index (χ0) is 13.0. The highest BCUT2D eigenvalue weighted by molar-refractivity contribution is 5.98. The van der Waals surface area contributed by atoms with E-state index in [1.54, 1.807) is 18.2 Å². The average molecular weight is 250 g/mol. The fourth-order valence-electron chi connectivity index (χ4n) is 2.05. The van der Waals surface area contributed by atoms with Gasteiger partial charge < -0.3 is 20.9 Å². The first-order valence-corrected chi connectivity index (χ1v) is 6.12. The Morgan fingerprint density at radius 3 is 3.11 bits per heavy atom. The number of nitrogens with one attached hydrogen (secondary N) is 1. The van der Waals surface area contributed by atoms with Crippen LogP contribution in [-0.2, 0) is 4.74 Å². The van der Waals surface area contributed by atoms with Gasteiger partial charge in [0.1, 0.15) is 0 Å². The lowest BCUT2D eigenvalue weighted by atomic mass is 10.0. The molecule has 1 heterocycles. The lowest BCUT2D eigenvalue weighted by molar-refractivity contribution is 0.0536. The Morgan fingerprint density at radius 1 is 1.56 bits per heavy atom. The van der Waals surface area contributed by atoms with Crippen molar-refractivity contribution in [3.05, 3.63) is 23.8 Å². The summed E-state index contributed by atoms with van der Waals surface area (Å²) in [6.07, 6.45) is 2.09. The quantitative estimate of drug-likeness (QED) is 0.554. The highest BCUT2D eigenvalue weighted by Crippen LogP contribution is 2.24. The number of phenols is 1. The van der Waals surface area contributed by atoms with E-state index in [0.29, 0.717) is 19.1 Å². The molecule has 1 aromatic carbocycles. The van der Waals surface area contributed by atoms with Crippen molar-refractivity contribution in [1.82, 2.24) is 5.32 Å². The minimum atomic E-state index is -0.301. The minimum absolute atomic E-state index is 0.158. The number of hydrogen-bond acceptors (Lipinski definition) is 4. The summed E-state index contributed by atoms with van der Waals surface area (Å²) in [7, 11) is 0. The first-order valence-electron chi connectivity index (χ1n) is 6.12. The molecule has 1 amide bonds. The van der Waals surface area contributed by atoms with Gasteiger partial charge in [-0.05, 0) is 30.9 Å². The van der Waals surface area contributed by atoms with E-state index in [9.17, 15) is 9.90 Å². The highest BCUT2D eigenvalue weighted by atomic mass is 16.5. The number of rotatable bonds is 3. The molecule has 1 aliphatic rings. The number of nitrogen functional groups attached to an aromatic ring is 1. The van der Waals surface area contributed by atoms with Crippen molar-refractivity contribution < 1.29 is 14.6 Å². The zero-order valence-corrected chi connectivity index (χ0v) is 10.2. The number of anilines is 1. The molecule has 4 N–H and O–H groups in total. The number of ether oxygens (including phenoxy) is 1. The van der Waals surface area contributed by atoms with Crippen LogP contribution in [0.25, 0.3) is 0 Å². The molecule has 1 aliphatic heterocycles. The van der Waals surface area contributed by atoms with Crippen LogP contribution in [0.4, 0.5) is 5.69 Å². The first kappa shape index (κ1) is 12.7. The van der Waals surface area contributed by atoms with Crippen molar-refractivity contribution >= 4 is 11.6 Å². The van der Waals surface area contributed by atoms with Crippen molar-refractivity contribution in [3.63, 3.8) is 0 Å². The smallest absolute Gasteiger partial charge is 0.255 e. The monoisotopic (exact) mass is 250 g/mol. The molecule has 0 saturated carbocycles. The third-order valence-electron chi connectivity index (χ3n) is 3.12. The van der Waals surface area contributed by atoms with Crippen LogP contribution in [0.15, 0.2) is 18.2 Å². The molecule has 1 aromatic rings. The maximum absolute atomic E-state index is 11.9. The van der Waals surface area contributed by atoms with Gasteiger partial charge in [0.2, 0.25) is 0 Å². The molecule has 0 aromatic heterocycles. The summed E-state index contributed by atoms with van der Waals surface area (Å²) in [6.45, 7) is 2.05. The zero-order valence-electron chi connectivity index (χ0n) is 10.2. The molecule has 18 heavy (non-hydrogen) atoms. The highest BCUT2D eigenvalue weighted by Gasteiger charge is 2.17. The van der Waals surface area contributed by atoms with Gasteiger partial charge in [-0.3, -0.25) is 4.79 Å². The number of hydrogen-bond donors (Lipinski definition) is 3. The van der Waals surface area contributed by atoms with Crippen LogP contribution in [0.3, 0.4) is 0 Å². The number of carbonyl (C=O) groups excluding carboxylic acids is 1. The molecule has 1 saturated heterocycles. The summed E-state index contributed by atoms with van der Waals surface area (Å²) in [5.41, 5.74) is 5.97. The standard InChI is InChI=1S/C13H18N2O3/c14-11-5-1-4-10(12(11)16)13(17)15-7-9-3-2-6-18-8-9/h1,4-5,9,16H,2-3,6-8,14H2,(H,15,17). The van der Waals surface area contributed by atoms with Crippen molar-refractivity contribution in [2.24, 2.45) is 5.92 Å². The molecule has 1 atom stereocenters. The summed E-state index contributed by atoms with van der Waals surface area (Å²) in [5, 5.41) is 12.5. The van der Waals surface area contributed by atoms with Crippen molar-refractivity contribution in [1.29, 1.82) is 0 Å². The second-order valence-electron chi connectivity index (χ2n) is 4.54. The molecular weight excluding hydrogens is 232 g/mol. The summed E-state index contributed by atoms with van der Waals surface area (Å²) >= 11 is 0. The number of nitrogens with two attached hydrogens (primary N) is 1. The van der Waals surface area contributed by atoms with E-state index in [1.807, 2.05) is 0 Å². The predicted octanol–water partition coefficient (Wildman–Crippen LogP) is 1.13. The molecule has 5 nitrogen and oxygen atoms in total. The van der Waals surface area contributed by atoms with E-state index < -0.39 is 0 Å². The third kappa shape index (κ3) is 2.92. The fourth-order valence-corrected chi connectivity index (χ4v) is 2.05. The van der Waals surface area contributed by atoms with Gasteiger partial charge in [0.15, 0.2) is 5.75 Å². The molecule has 0 aliphatic carbocycles. The van der Waals surface area contributed by atoms with Gasteiger partial charge >= 0.3 is 0 Å². The van der Waals surface area contributed by atoms with E-state index in [4.69, 9.17) is 10.5 Å². The number of aromatic hydroxyl groups is 1. The Morgan fingerprint density at radius 2 is 2.39 bits per heavy atom. The molecular formula is C13H18N2O3. The van der Waals surface area contributed by atoms with Gasteiger partial charge in [0.05, 0.1) is 17.9 Å². The molecule has 0 radical (unpaired) electrons. The Hall–Kier alpha value is -1.75. The molecule has 98 valence electrons. The molecule has 5 heteroatoms. The predicted molar refractivity (Wildman–Crippen MR) is 68.4 cm³/mol. The summed E-state index contributed by atoms with van der Waals surface area (Å²) in [5.74, 6) is -0.105. The average Bonchev–Trinajstić information content (AvgIpc) is 2.40. The summed E-state index contributed by atoms with van der Waals surface area (Å²) < 4.78 is 5.34. The lowest BCUT2D eigenvalue weighted by Gasteiger charge is -2.22. The topological polar surface area (TPSA) is 84.6 Å². The molecule has 1 unspecified atom stereocenters. The lowest BCUT2D eigenvalue weighted by Crippen LogP contribution is -2.33. The molecule has 0 bridgehead atoms. The van der Waals surface area contributed by atoms with E-state index in [0.717, 1.165) is 19.4 Å². The summed E-state index contributed by atoms with van der Waals surface area (Å²) in [4.78, 5) is 11.9. The second-order valence-corrected chi connectivity index (χ2v) is 4.54. The Bertz CT molecular complexity index is 428. The Balaban J connectivity index is 1.93. The second kappa shape index (κ2) is 5.73. The maximum Gasteiger partial charge on any atom is 0.255 e. The minimum Gasteiger partial charge on any atom is -0.505 e. The van der Waals surface area contributed by atoms with Gasteiger partial charge in [-0.1, -0.05) is 6.07 Å². The number of amides is 1. The third-order valence-corrected chi connectivity index (χ3v) is 3.12. The summed E-state index contributed by atoms with van der Waals surface area (Å²) in [6, 6.07) is 4.76. The number of para-hydroxylation sites is 1. The molecule has 2 rings (SSSR count). The number of benzene rings is 1. The van der Waals surface area contributed by atoms with Gasteiger partial charge in [0.25, 0.3) is 5.91 Å². The Kier molecular flexibility index (Phi) is 4.04. The number of phenolic OH excluding ortho intramolecular Hbond substituents is 1. The SMILES string of the molecule is Nc1cccc(C(=O)NCC2CCCOC2)c1O. The van der Waals surface area contributed by atoms with Gasteiger partial charge in [-0.2, -0.15) is 0 Å². The van der Waals surface area contributed by atoms with Crippen molar-refractivity contribution in [3.8, 4) is 5.75 Å². The van der Waals surface area contributed by atoms with E-state index in [1.165, 1.54) is 0 Å². The van der Waals surface area contributed by atoms with Crippen LogP contribution in [0.2, 0.25) is 0 Å². The van der Waals surface area contributed by atoms with E-state index >= 15 is 0 Å². The van der Waals surface area contributed by atoms with Crippen LogP contribution in [0.1, 0.15) is 23.2 Å². The van der Waals surface area contributed by atoms with Crippen LogP contribution >= 0.6 is 0 Å².